The molecule has 0 amide bonds. The van der Waals surface area contributed by atoms with Gasteiger partial charge in [-0.3, -0.25) is 37.3 Å². The Hall–Kier alpha value is -1.94. The lowest BCUT2D eigenvalue weighted by molar-refractivity contribution is -0.161. The van der Waals surface area contributed by atoms with Gasteiger partial charge in [0.1, 0.15) is 19.3 Å². The molecule has 0 radical (unpaired) electrons. The molecule has 600 valence electrons. The molecule has 3 N–H and O–H groups in total. The number of ether oxygens (including phenoxy) is 4. The third-order valence-electron chi connectivity index (χ3n) is 19.8. The smallest absolute Gasteiger partial charge is 0.462 e. The van der Waals surface area contributed by atoms with Crippen LogP contribution in [0, 0.1) is 23.7 Å². The van der Waals surface area contributed by atoms with Crippen LogP contribution in [-0.4, -0.2) is 96.7 Å². The zero-order chi connectivity index (χ0) is 74.6. The van der Waals surface area contributed by atoms with E-state index in [4.69, 9.17) is 37.0 Å². The van der Waals surface area contributed by atoms with E-state index in [-0.39, 0.29) is 25.7 Å². The maximum atomic E-state index is 13.1. The quantitative estimate of drug-likeness (QED) is 0.0222. The Morgan fingerprint density at radius 2 is 0.475 bits per heavy atom. The number of phosphoric acid groups is 2. The summed E-state index contributed by atoms with van der Waals surface area (Å²) in [6.07, 6.45) is 58.5. The van der Waals surface area contributed by atoms with Crippen LogP contribution in [-0.2, 0) is 65.4 Å². The van der Waals surface area contributed by atoms with Crippen molar-refractivity contribution in [3.63, 3.8) is 0 Å². The highest BCUT2D eigenvalue weighted by molar-refractivity contribution is 7.47. The second kappa shape index (κ2) is 71.0. The van der Waals surface area contributed by atoms with E-state index in [1.54, 1.807) is 0 Å². The van der Waals surface area contributed by atoms with Gasteiger partial charge in [0.15, 0.2) is 12.2 Å². The molecule has 0 heterocycles. The molecule has 0 bridgehead atoms. The largest absolute Gasteiger partial charge is 0.472 e. The SMILES string of the molecule is CCC(C)CCCCCCCCCCCCCCCCCCCCC(=O)O[C@H](COC(=O)CCCCCCCCC(C)C)COP(=O)(O)OC[C@H](O)COP(=O)(O)OC[C@@H](COC(=O)CCCCCCCCCCCCCCCCC(C)CC)OC(=O)CCCCCCCCCCCC(C)C. The highest BCUT2D eigenvalue weighted by Gasteiger charge is 2.30. The molecular formula is C82H160O17P2. The van der Waals surface area contributed by atoms with Gasteiger partial charge in [0.25, 0.3) is 0 Å². The normalized spacial score (nSPS) is 14.5. The van der Waals surface area contributed by atoms with E-state index < -0.39 is 97.5 Å². The molecule has 19 heteroatoms. The summed E-state index contributed by atoms with van der Waals surface area (Å²) in [5.41, 5.74) is 0. The van der Waals surface area contributed by atoms with Crippen LogP contribution in [0.1, 0.15) is 421 Å². The van der Waals surface area contributed by atoms with Crippen molar-refractivity contribution in [3.8, 4) is 0 Å². The van der Waals surface area contributed by atoms with Gasteiger partial charge in [-0.1, -0.05) is 370 Å². The van der Waals surface area contributed by atoms with E-state index >= 15 is 0 Å². The van der Waals surface area contributed by atoms with E-state index in [1.807, 2.05) is 0 Å². The molecule has 101 heavy (non-hydrogen) atoms. The average molecular weight is 1480 g/mol. The Kier molecular flexibility index (Phi) is 69.6. The third kappa shape index (κ3) is 73.4. The zero-order valence-electron chi connectivity index (χ0n) is 66.5. The average Bonchev–Trinajstić information content (AvgIpc) is 0.954. The predicted molar refractivity (Wildman–Crippen MR) is 414 cm³/mol. The number of hydrogen-bond donors (Lipinski definition) is 3. The van der Waals surface area contributed by atoms with Gasteiger partial charge in [0.05, 0.1) is 26.4 Å². The van der Waals surface area contributed by atoms with Crippen LogP contribution >= 0.6 is 15.6 Å². The Bertz CT molecular complexity index is 1980. The van der Waals surface area contributed by atoms with Gasteiger partial charge in [-0.05, 0) is 49.4 Å². The number of hydrogen-bond acceptors (Lipinski definition) is 15. The first-order valence-electron chi connectivity index (χ1n) is 42.3. The minimum atomic E-state index is -4.96. The Morgan fingerprint density at radius 3 is 0.703 bits per heavy atom. The van der Waals surface area contributed by atoms with E-state index in [0.29, 0.717) is 31.6 Å². The molecule has 0 rings (SSSR count). The topological polar surface area (TPSA) is 237 Å². The fourth-order valence-corrected chi connectivity index (χ4v) is 14.1. The van der Waals surface area contributed by atoms with Crippen molar-refractivity contribution in [1.29, 1.82) is 0 Å². The van der Waals surface area contributed by atoms with Gasteiger partial charge in [-0.15, -0.1) is 0 Å². The molecule has 0 spiro atoms. The maximum Gasteiger partial charge on any atom is 0.472 e. The number of carbonyl (C=O) groups excluding carboxylic acids is 4. The molecule has 0 aromatic heterocycles. The van der Waals surface area contributed by atoms with Crippen molar-refractivity contribution in [3.05, 3.63) is 0 Å². The van der Waals surface area contributed by atoms with E-state index in [1.165, 1.54) is 218 Å². The second-order valence-corrected chi connectivity index (χ2v) is 33.9. The lowest BCUT2D eigenvalue weighted by Gasteiger charge is -2.21. The molecule has 0 saturated carbocycles. The first kappa shape index (κ1) is 99.1. The molecule has 0 aromatic rings. The molecule has 4 unspecified atom stereocenters. The third-order valence-corrected chi connectivity index (χ3v) is 21.7. The van der Waals surface area contributed by atoms with Crippen molar-refractivity contribution >= 4 is 39.5 Å². The Morgan fingerprint density at radius 1 is 0.277 bits per heavy atom. The van der Waals surface area contributed by atoms with Gasteiger partial charge >= 0.3 is 39.5 Å². The summed E-state index contributed by atoms with van der Waals surface area (Å²) in [6.45, 7) is 14.3. The fraction of sp³-hybridized carbons (Fsp3) is 0.951. The maximum absolute atomic E-state index is 13.1. The number of aliphatic hydroxyl groups excluding tert-OH is 1. The minimum absolute atomic E-state index is 0.105. The van der Waals surface area contributed by atoms with Gasteiger partial charge < -0.3 is 33.8 Å². The molecule has 0 saturated heterocycles. The fourth-order valence-electron chi connectivity index (χ4n) is 12.5. The van der Waals surface area contributed by atoms with E-state index in [2.05, 4.69) is 55.4 Å². The van der Waals surface area contributed by atoms with Crippen LogP contribution in [0.5, 0.6) is 0 Å². The van der Waals surface area contributed by atoms with Gasteiger partial charge in [-0.2, -0.15) is 0 Å². The van der Waals surface area contributed by atoms with Crippen LogP contribution in [0.25, 0.3) is 0 Å². The summed E-state index contributed by atoms with van der Waals surface area (Å²) in [7, 11) is -9.92. The number of phosphoric ester groups is 2. The van der Waals surface area contributed by atoms with Crippen LogP contribution in [0.2, 0.25) is 0 Å². The number of aliphatic hydroxyl groups is 1. The second-order valence-electron chi connectivity index (χ2n) is 31.0. The minimum Gasteiger partial charge on any atom is -0.462 e. The Balaban J connectivity index is 5.15. The lowest BCUT2D eigenvalue weighted by Crippen LogP contribution is -2.30. The summed E-state index contributed by atoms with van der Waals surface area (Å²) in [5, 5.41) is 10.6. The molecule has 7 atom stereocenters. The van der Waals surface area contributed by atoms with Crippen molar-refractivity contribution in [2.24, 2.45) is 23.7 Å². The molecule has 0 aromatic carbocycles. The standard InChI is InChI=1S/C82H160O17P2/c1-9-74(7)60-52-44-35-29-23-19-15-13-11-12-14-16-22-26-32-38-48-56-64-81(86)99-78(69-93-80(85)63-55-47-41-40-43-51-59-73(5)6)71-97-101(90,91)95-67-76(83)66-94-100(88,89)96-70-77(98-82(87)65-57-49-39-33-27-28-34-42-50-58-72(3)4)68-92-79(84)62-54-46-37-31-25-21-18-17-20-24-30-36-45-53-61-75(8)10-2/h72-78,83H,9-71H2,1-8H3,(H,88,89)(H,90,91)/t74?,75?,76-,77-,78-/m1/s1. The summed E-state index contributed by atoms with van der Waals surface area (Å²) < 4.78 is 68.7. The number of unbranched alkanes of at least 4 members (excludes halogenated alkanes) is 43. The molecule has 0 aliphatic heterocycles. The first-order valence-corrected chi connectivity index (χ1v) is 45.3. The monoisotopic (exact) mass is 1480 g/mol. The summed E-state index contributed by atoms with van der Waals surface area (Å²) in [6, 6.07) is 0. The van der Waals surface area contributed by atoms with E-state index in [0.717, 1.165) is 114 Å². The van der Waals surface area contributed by atoms with Crippen molar-refractivity contribution in [1.82, 2.24) is 0 Å². The van der Waals surface area contributed by atoms with E-state index in [9.17, 15) is 43.2 Å². The van der Waals surface area contributed by atoms with Gasteiger partial charge in [0, 0.05) is 25.7 Å². The van der Waals surface area contributed by atoms with Crippen LogP contribution in [0.15, 0.2) is 0 Å². The molecule has 0 aliphatic carbocycles. The molecule has 0 aliphatic rings. The van der Waals surface area contributed by atoms with Crippen LogP contribution in [0.3, 0.4) is 0 Å². The zero-order valence-corrected chi connectivity index (χ0v) is 68.3. The first-order chi connectivity index (χ1) is 48.7. The number of carbonyl (C=O) groups is 4. The molecular weight excluding hydrogens is 1320 g/mol. The van der Waals surface area contributed by atoms with Crippen molar-refractivity contribution < 1.29 is 80.2 Å². The molecule has 0 fully saturated rings. The van der Waals surface area contributed by atoms with Crippen LogP contribution < -0.4 is 0 Å². The highest BCUT2D eigenvalue weighted by Crippen LogP contribution is 2.45. The van der Waals surface area contributed by atoms with Crippen molar-refractivity contribution in [2.45, 2.75) is 440 Å². The molecule has 17 nitrogen and oxygen atoms in total. The van der Waals surface area contributed by atoms with Crippen LogP contribution in [0.4, 0.5) is 0 Å². The summed E-state index contributed by atoms with van der Waals surface area (Å²) in [5.74, 6) is 1.02. The van der Waals surface area contributed by atoms with Gasteiger partial charge in [0.2, 0.25) is 0 Å². The summed E-state index contributed by atoms with van der Waals surface area (Å²) in [4.78, 5) is 73.0. The highest BCUT2D eigenvalue weighted by atomic mass is 31.2. The predicted octanol–water partition coefficient (Wildman–Crippen LogP) is 24.4. The Labute approximate surface area is 619 Å². The number of rotatable bonds is 79. The van der Waals surface area contributed by atoms with Crippen molar-refractivity contribution in [2.75, 3.05) is 39.6 Å². The van der Waals surface area contributed by atoms with Gasteiger partial charge in [-0.25, -0.2) is 9.13 Å². The lowest BCUT2D eigenvalue weighted by atomic mass is 9.99. The number of esters is 4. The summed E-state index contributed by atoms with van der Waals surface area (Å²) >= 11 is 0.